The van der Waals surface area contributed by atoms with E-state index in [4.69, 9.17) is 56.8 Å². The lowest BCUT2D eigenvalue weighted by atomic mass is 9.97. The predicted octanol–water partition coefficient (Wildman–Crippen LogP) is 6.78. The third-order valence-electron chi connectivity index (χ3n) is 19.1. The minimum Gasteiger partial charge on any atom is -0.504 e. The van der Waals surface area contributed by atoms with Gasteiger partial charge in [-0.25, -0.2) is 52.7 Å². The smallest absolute Gasteiger partial charge is 0.414 e. The van der Waals surface area contributed by atoms with Crippen molar-refractivity contribution < 1.29 is 237 Å². The molecule has 0 aromatic heterocycles. The maximum atomic E-state index is 15.3. The van der Waals surface area contributed by atoms with Crippen LogP contribution in [0.2, 0.25) is 0 Å². The van der Waals surface area contributed by atoms with Crippen LogP contribution >= 0.6 is 0 Å². The number of phenolic OH excluding ortho intramolecular Hbond substituents is 25. The van der Waals surface area contributed by atoms with Gasteiger partial charge in [-0.1, -0.05) is 6.07 Å². The Hall–Kier alpha value is -19.7. The van der Waals surface area contributed by atoms with Crippen molar-refractivity contribution in [3.63, 3.8) is 0 Å². The van der Waals surface area contributed by atoms with Crippen LogP contribution in [-0.4, -0.2) is 271 Å². The van der Waals surface area contributed by atoms with E-state index in [1.54, 1.807) is 20.2 Å². The first-order valence-electron chi connectivity index (χ1n) is 38.3. The van der Waals surface area contributed by atoms with Crippen LogP contribution in [0.4, 0.5) is 10.5 Å². The summed E-state index contributed by atoms with van der Waals surface area (Å²) in [6.07, 6.45) is -15.4. The van der Waals surface area contributed by atoms with Crippen LogP contribution in [0.5, 0.6) is 178 Å². The summed E-state index contributed by atoms with van der Waals surface area (Å²) in [6, 6.07) is 16.1. The number of aromatic hydroxyl groups is 25. The average Bonchev–Trinajstić information content (AvgIpc) is 0.763. The van der Waals surface area contributed by atoms with Crippen LogP contribution in [0.15, 0.2) is 146 Å². The van der Waals surface area contributed by atoms with Crippen LogP contribution in [0.3, 0.4) is 0 Å². The van der Waals surface area contributed by atoms with Gasteiger partial charge in [-0.2, -0.15) is 0 Å². The summed E-state index contributed by atoms with van der Waals surface area (Å²) < 4.78 is 66.3. The van der Waals surface area contributed by atoms with Gasteiger partial charge in [0.15, 0.2) is 156 Å². The number of carbonyl (C=O) groups excluding carboxylic acids is 11. The molecule has 1 fully saturated rings. The van der Waals surface area contributed by atoms with Gasteiger partial charge < -0.3 is 189 Å². The molecule has 11 aromatic carbocycles. The Labute approximate surface area is 767 Å². The molecule has 1 amide bonds. The van der Waals surface area contributed by atoms with Crippen molar-refractivity contribution in [2.45, 2.75) is 30.7 Å². The Balaban J connectivity index is 0.00000103. The normalized spacial score (nSPS) is 14.2. The fraction of sp³-hybridized carbons (Fsp3) is 0.125. The van der Waals surface area contributed by atoms with Crippen molar-refractivity contribution in [1.82, 2.24) is 9.38 Å². The van der Waals surface area contributed by atoms with Crippen LogP contribution < -0.4 is 32.9 Å². The summed E-state index contributed by atoms with van der Waals surface area (Å²) >= 11 is 0. The Morgan fingerprint density at radius 2 is 0.493 bits per heavy atom. The van der Waals surface area contributed by atoms with Gasteiger partial charge in [-0.15, -0.1) is 0 Å². The van der Waals surface area contributed by atoms with Crippen LogP contribution in [0.1, 0.15) is 104 Å². The van der Waals surface area contributed by atoms with Crippen LogP contribution in [0.25, 0.3) is 0 Å². The van der Waals surface area contributed by atoms with Gasteiger partial charge in [0.2, 0.25) is 41.1 Å². The molecule has 50 nitrogen and oxygen atoms in total. The van der Waals surface area contributed by atoms with Crippen LogP contribution in [-0.2, 0) is 28.4 Å². The van der Waals surface area contributed by atoms with E-state index in [-0.39, 0.29) is 6.09 Å². The largest absolute Gasteiger partial charge is 0.504 e. The van der Waals surface area contributed by atoms with Gasteiger partial charge in [0.1, 0.15) is 24.1 Å². The molecule has 1 aliphatic rings. The SMILES string of the molecule is CN(C)C(=O)Oc1cccc([N+](C)(C)C)c1.O=C(OC[C@H]1O[C@@H](OC(=O)c2cc(O)c(O)c(OC(=O)c3cc(O)c(O)c(O)c3)c2)[C@H](OC(=O)c2cc(O)c(O)c(OC(=O)c3cc(O)c(O)c(O)c3)c2)[C@@H](OC(=O)c2cc(O)c(O)c(OC(=O)c3cc(O)c(O)c(O)c3)c2)[C@@H]1OC(=O)c1cc(O)c(O)c(OC(=O)c2cc(O)c(O)c(O)c2)c1)c1cc(O)c(O)c(OC(=O)c2cc(O)c(O)c(O)c2)c1. The second-order valence-electron chi connectivity index (χ2n) is 29.9. The highest BCUT2D eigenvalue weighted by Crippen LogP contribution is 2.48. The number of benzene rings is 11. The molecular weight excluding hydrogens is 1850 g/mol. The third-order valence-corrected chi connectivity index (χ3v) is 19.1. The molecule has 0 bridgehead atoms. The molecule has 12 rings (SSSR count). The molecule has 50 heteroatoms. The lowest BCUT2D eigenvalue weighted by molar-refractivity contribution is -0.282. The van der Waals surface area contributed by atoms with Gasteiger partial charge in [-0.05, 0) is 133 Å². The quantitative estimate of drug-likeness (QED) is 0.0103. The average molecular weight is 1920 g/mol. The number of rotatable bonds is 23. The molecule has 1 saturated heterocycles. The first kappa shape index (κ1) is 98.9. The first-order valence-corrected chi connectivity index (χ1v) is 38.3. The molecule has 0 saturated carbocycles. The van der Waals surface area contributed by atoms with Gasteiger partial charge in [0.25, 0.3) is 0 Å². The van der Waals surface area contributed by atoms with E-state index in [2.05, 4.69) is 21.1 Å². The molecule has 0 unspecified atom stereocenters. The van der Waals surface area contributed by atoms with E-state index in [9.17, 15) is 166 Å². The molecule has 5 atom stereocenters. The lowest BCUT2D eigenvalue weighted by Crippen LogP contribution is -2.63. The molecule has 1 aliphatic heterocycles. The van der Waals surface area contributed by atoms with Gasteiger partial charge in [0.05, 0.1) is 76.8 Å². The summed E-state index contributed by atoms with van der Waals surface area (Å²) in [4.78, 5) is 155. The summed E-state index contributed by atoms with van der Waals surface area (Å²) in [5, 5.41) is 261. The molecular formula is C88H71N2O48+. The highest BCUT2D eigenvalue weighted by atomic mass is 16.8. The maximum Gasteiger partial charge on any atom is 0.414 e. The monoisotopic (exact) mass is 1920 g/mol. The van der Waals surface area contributed by atoms with Crippen molar-refractivity contribution in [1.29, 1.82) is 0 Å². The summed E-state index contributed by atoms with van der Waals surface area (Å²) in [6.45, 7) is -1.71. The molecule has 1 heterocycles. The molecule has 0 spiro atoms. The Morgan fingerprint density at radius 3 is 0.746 bits per heavy atom. The van der Waals surface area contributed by atoms with Gasteiger partial charge >= 0.3 is 65.8 Å². The summed E-state index contributed by atoms with van der Waals surface area (Å²) in [5.74, 6) is -55.4. The zero-order valence-electron chi connectivity index (χ0n) is 70.4. The van der Waals surface area contributed by atoms with Crippen molar-refractivity contribution in [3.05, 3.63) is 201 Å². The van der Waals surface area contributed by atoms with E-state index in [1.807, 2.05) is 18.2 Å². The Morgan fingerprint density at radius 1 is 0.268 bits per heavy atom. The minimum absolute atomic E-state index is 0.295. The maximum absolute atomic E-state index is 15.3. The van der Waals surface area contributed by atoms with E-state index < -0.39 is 325 Å². The number of quaternary nitrogens is 1. The Kier molecular flexibility index (Phi) is 28.3. The topological polar surface area (TPSA) is 808 Å². The van der Waals surface area contributed by atoms with E-state index in [0.717, 1.165) is 5.69 Å². The number of phenols is 25. The molecule has 0 radical (unpaired) electrons. The third kappa shape index (κ3) is 22.0. The minimum atomic E-state index is -3.12. The molecule has 25 N–H and O–H groups in total. The van der Waals surface area contributed by atoms with Crippen molar-refractivity contribution >= 4 is 71.5 Å². The zero-order chi connectivity index (χ0) is 102. The highest BCUT2D eigenvalue weighted by Gasteiger charge is 2.55. The Bertz CT molecular complexity index is 6720. The van der Waals surface area contributed by atoms with Crippen molar-refractivity contribution in [2.75, 3.05) is 41.8 Å². The summed E-state index contributed by atoms with van der Waals surface area (Å²) in [7, 11) is 9.50. The van der Waals surface area contributed by atoms with E-state index in [1.165, 1.54) is 4.90 Å². The van der Waals surface area contributed by atoms with E-state index >= 15 is 14.4 Å². The predicted molar refractivity (Wildman–Crippen MR) is 449 cm³/mol. The number of carbonyl (C=O) groups is 11. The number of esters is 10. The number of hydrogen-bond acceptors (Lipinski definition) is 48. The number of amides is 1. The highest BCUT2D eigenvalue weighted by molar-refractivity contribution is 6.00. The first-order chi connectivity index (χ1) is 64.7. The lowest BCUT2D eigenvalue weighted by Gasteiger charge is -2.43. The van der Waals surface area contributed by atoms with Gasteiger partial charge in [-0.3, -0.25) is 4.48 Å². The van der Waals surface area contributed by atoms with Crippen molar-refractivity contribution in [3.8, 4) is 178 Å². The molecule has 0 aliphatic carbocycles. The molecule has 138 heavy (non-hydrogen) atoms. The number of hydrogen-bond donors (Lipinski definition) is 25. The molecule has 11 aromatic rings. The number of ether oxygens (including phenoxy) is 12. The van der Waals surface area contributed by atoms with Crippen LogP contribution in [0, 0.1) is 0 Å². The van der Waals surface area contributed by atoms with Crippen molar-refractivity contribution in [2.24, 2.45) is 0 Å². The standard InChI is InChI=1S/C76H52O46.C12H19N2O2/c77-32-1-22(2-33(78)53(32)92)67(103)113-47-16-27(11-42(87)58(47)97)66(102)112-21-52-63(119-72(108)28-12-43(88)59(98)48(17-28)114-68(104)23-3-34(79)54(93)35(80)4-23)64(120-73(109)29-13-44(89)60(99)49(18-29)115-69(105)24-5-36(81)55(94)37(82)6-24)65(121-74(110)30-14-45(90)61(100)50(19-30)116-70(106)25-7-38(83)56(95)39(84)8-25)76(118-52)122-75(111)31-15-46(91)62(101)51(20-31)117-71(107)26-9-40(85)57(96)41(86)10-26;1-13(2)12(15)16-11-8-6-7-10(9-11)14(3,4)5/h1-20,52,63-65,76-101H,21H2;6-9H,1-5H3/q;+1/t52-,63-,64+,65-,76+;/m1./s1. The van der Waals surface area contributed by atoms with E-state index in [0.29, 0.717) is 132 Å². The van der Waals surface area contributed by atoms with Gasteiger partial charge in [0, 0.05) is 20.2 Å². The number of nitrogens with zero attached hydrogens (tertiary/aromatic N) is 2. The fourth-order valence-electron chi connectivity index (χ4n) is 12.0. The summed E-state index contributed by atoms with van der Waals surface area (Å²) in [5.41, 5.74) is -8.80. The fourth-order valence-corrected chi connectivity index (χ4v) is 12.0. The zero-order valence-corrected chi connectivity index (χ0v) is 70.4. The molecule has 720 valence electrons. The second kappa shape index (κ2) is 39.6. The second-order valence-corrected chi connectivity index (χ2v) is 29.9.